The quantitative estimate of drug-likeness (QED) is 0.840. The second-order valence-electron chi connectivity index (χ2n) is 4.18. The summed E-state index contributed by atoms with van der Waals surface area (Å²) in [5.41, 5.74) is 3.58. The molecule has 88 valence electrons. The van der Waals surface area contributed by atoms with Gasteiger partial charge in [0.2, 0.25) is 0 Å². The van der Waals surface area contributed by atoms with Crippen molar-refractivity contribution in [3.05, 3.63) is 34.9 Å². The van der Waals surface area contributed by atoms with Crippen LogP contribution in [0, 0.1) is 0 Å². The second-order valence-corrected chi connectivity index (χ2v) is 4.18. The Morgan fingerprint density at radius 1 is 1.12 bits per heavy atom. The summed E-state index contributed by atoms with van der Waals surface area (Å²) in [6.07, 6.45) is -0.806. The average Bonchev–Trinajstić information content (AvgIpc) is 2.62. The lowest BCUT2D eigenvalue weighted by atomic mass is 10.1. The fourth-order valence-electron chi connectivity index (χ4n) is 2.08. The molecule has 1 nitrogen and oxygen atoms in total. The van der Waals surface area contributed by atoms with Crippen LogP contribution in [0.1, 0.15) is 23.1 Å². The van der Waals surface area contributed by atoms with Gasteiger partial charge in [-0.15, -0.1) is 0 Å². The molecule has 2 rings (SSSR count). The maximum Gasteiger partial charge on any atom is 0.401 e. The maximum absolute atomic E-state index is 11.9. The number of hydrogen-bond donors (Lipinski definition) is 1. The highest BCUT2D eigenvalue weighted by Gasteiger charge is 2.26. The first-order valence-electron chi connectivity index (χ1n) is 5.43. The van der Waals surface area contributed by atoms with E-state index in [9.17, 15) is 13.2 Å². The third-order valence-corrected chi connectivity index (χ3v) is 2.82. The van der Waals surface area contributed by atoms with E-state index in [0.717, 1.165) is 24.8 Å². The zero-order valence-electron chi connectivity index (χ0n) is 8.90. The molecule has 16 heavy (non-hydrogen) atoms. The van der Waals surface area contributed by atoms with Crippen molar-refractivity contribution in [3.8, 4) is 0 Å². The summed E-state index contributed by atoms with van der Waals surface area (Å²) in [6.45, 7) is -0.642. The van der Waals surface area contributed by atoms with Crippen LogP contribution in [-0.4, -0.2) is 12.7 Å². The molecule has 0 saturated carbocycles. The van der Waals surface area contributed by atoms with Gasteiger partial charge in [0.1, 0.15) is 0 Å². The van der Waals surface area contributed by atoms with Crippen molar-refractivity contribution < 1.29 is 13.2 Å². The van der Waals surface area contributed by atoms with Crippen LogP contribution < -0.4 is 5.32 Å². The molecule has 0 spiro atoms. The minimum absolute atomic E-state index is 0.285. The van der Waals surface area contributed by atoms with Crippen LogP contribution in [-0.2, 0) is 19.4 Å². The lowest BCUT2D eigenvalue weighted by Crippen LogP contribution is -2.28. The summed E-state index contributed by atoms with van der Waals surface area (Å²) in [5, 5.41) is 2.41. The molecule has 1 aliphatic carbocycles. The Morgan fingerprint density at radius 2 is 1.88 bits per heavy atom. The van der Waals surface area contributed by atoms with Crippen molar-refractivity contribution in [1.29, 1.82) is 0 Å². The molecule has 0 bridgehead atoms. The molecule has 1 N–H and O–H groups in total. The van der Waals surface area contributed by atoms with Crippen LogP contribution in [0.4, 0.5) is 13.2 Å². The van der Waals surface area contributed by atoms with Crippen LogP contribution >= 0.6 is 0 Å². The summed E-state index contributed by atoms with van der Waals surface area (Å²) in [7, 11) is 0. The summed E-state index contributed by atoms with van der Waals surface area (Å²) in [5.74, 6) is 0. The van der Waals surface area contributed by atoms with E-state index in [2.05, 4.69) is 5.32 Å². The molecule has 1 aromatic rings. The molecule has 0 unspecified atom stereocenters. The Kier molecular flexibility index (Phi) is 3.19. The predicted octanol–water partition coefficient (Wildman–Crippen LogP) is 2.83. The molecule has 0 radical (unpaired) electrons. The number of alkyl halides is 3. The van der Waals surface area contributed by atoms with Gasteiger partial charge in [0.15, 0.2) is 0 Å². The lowest BCUT2D eigenvalue weighted by Gasteiger charge is -2.09. The first-order valence-corrected chi connectivity index (χ1v) is 5.43. The van der Waals surface area contributed by atoms with Crippen LogP contribution in [0.15, 0.2) is 18.2 Å². The van der Waals surface area contributed by atoms with Gasteiger partial charge in [0.05, 0.1) is 6.54 Å². The third kappa shape index (κ3) is 2.98. The molecule has 0 amide bonds. The number of fused-ring (bicyclic) bond motifs is 1. The standard InChI is InChI=1S/C12H14F3N/c13-12(14,15)8-16-7-9-4-5-10-2-1-3-11(10)6-9/h4-6,16H,1-3,7-8H2. The first-order chi connectivity index (χ1) is 7.54. The summed E-state index contributed by atoms with van der Waals surface area (Å²) in [6, 6.07) is 5.96. The van der Waals surface area contributed by atoms with Crippen LogP contribution in [0.25, 0.3) is 0 Å². The Bertz CT molecular complexity index is 371. The minimum Gasteiger partial charge on any atom is -0.305 e. The highest BCUT2D eigenvalue weighted by atomic mass is 19.4. The highest BCUT2D eigenvalue weighted by Crippen LogP contribution is 2.22. The third-order valence-electron chi connectivity index (χ3n) is 2.82. The second kappa shape index (κ2) is 4.45. The zero-order chi connectivity index (χ0) is 11.6. The SMILES string of the molecule is FC(F)(F)CNCc1ccc2c(c1)CCC2. The number of aryl methyl sites for hydroxylation is 2. The van der Waals surface area contributed by atoms with Crippen LogP contribution in [0.5, 0.6) is 0 Å². The van der Waals surface area contributed by atoms with Crippen molar-refractivity contribution in [3.63, 3.8) is 0 Å². The molecular formula is C12H14F3N. The Morgan fingerprint density at radius 3 is 2.62 bits per heavy atom. The molecule has 0 saturated heterocycles. The van der Waals surface area contributed by atoms with Gasteiger partial charge in [-0.2, -0.15) is 13.2 Å². The number of rotatable bonds is 3. The largest absolute Gasteiger partial charge is 0.401 e. The summed E-state index contributed by atoms with van der Waals surface area (Å²) < 4.78 is 35.7. The van der Waals surface area contributed by atoms with E-state index in [0.29, 0.717) is 0 Å². The van der Waals surface area contributed by atoms with E-state index >= 15 is 0 Å². The van der Waals surface area contributed by atoms with Gasteiger partial charge in [-0.3, -0.25) is 0 Å². The number of hydrogen-bond acceptors (Lipinski definition) is 1. The van der Waals surface area contributed by atoms with Gasteiger partial charge in [-0.25, -0.2) is 0 Å². The molecular weight excluding hydrogens is 215 g/mol. The Labute approximate surface area is 92.7 Å². The normalized spacial score (nSPS) is 15.2. The summed E-state index contributed by atoms with van der Waals surface area (Å²) in [4.78, 5) is 0. The number of halogens is 3. The van der Waals surface area contributed by atoms with Gasteiger partial charge in [-0.05, 0) is 36.0 Å². The molecule has 0 fully saturated rings. The minimum atomic E-state index is -4.13. The molecule has 1 aromatic carbocycles. The average molecular weight is 229 g/mol. The summed E-state index contributed by atoms with van der Waals surface area (Å²) >= 11 is 0. The Balaban J connectivity index is 1.91. The highest BCUT2D eigenvalue weighted by molar-refractivity contribution is 5.35. The smallest absolute Gasteiger partial charge is 0.305 e. The van der Waals surface area contributed by atoms with E-state index < -0.39 is 12.7 Å². The fraction of sp³-hybridized carbons (Fsp3) is 0.500. The van der Waals surface area contributed by atoms with Gasteiger partial charge < -0.3 is 5.32 Å². The predicted molar refractivity (Wildman–Crippen MR) is 56.2 cm³/mol. The van der Waals surface area contributed by atoms with Gasteiger partial charge >= 0.3 is 6.18 Å². The van der Waals surface area contributed by atoms with Crippen molar-refractivity contribution >= 4 is 0 Å². The van der Waals surface area contributed by atoms with Gasteiger partial charge in [0, 0.05) is 6.54 Å². The molecule has 0 atom stereocenters. The lowest BCUT2D eigenvalue weighted by molar-refractivity contribution is -0.125. The molecule has 4 heteroatoms. The molecule has 0 aromatic heterocycles. The topological polar surface area (TPSA) is 12.0 Å². The van der Waals surface area contributed by atoms with E-state index in [4.69, 9.17) is 0 Å². The van der Waals surface area contributed by atoms with Gasteiger partial charge in [0.25, 0.3) is 0 Å². The van der Waals surface area contributed by atoms with Crippen LogP contribution in [0.2, 0.25) is 0 Å². The van der Waals surface area contributed by atoms with Gasteiger partial charge in [-0.1, -0.05) is 18.2 Å². The van der Waals surface area contributed by atoms with E-state index in [1.807, 2.05) is 18.2 Å². The number of nitrogens with one attached hydrogen (secondary N) is 1. The zero-order valence-corrected chi connectivity index (χ0v) is 8.90. The van der Waals surface area contributed by atoms with Crippen molar-refractivity contribution in [2.24, 2.45) is 0 Å². The number of benzene rings is 1. The molecule has 0 heterocycles. The molecule has 0 aliphatic heterocycles. The van der Waals surface area contributed by atoms with E-state index in [1.54, 1.807) is 0 Å². The van der Waals surface area contributed by atoms with Crippen molar-refractivity contribution in [1.82, 2.24) is 5.32 Å². The van der Waals surface area contributed by atoms with E-state index in [-0.39, 0.29) is 6.54 Å². The fourth-order valence-corrected chi connectivity index (χ4v) is 2.08. The maximum atomic E-state index is 11.9. The van der Waals surface area contributed by atoms with E-state index in [1.165, 1.54) is 11.1 Å². The first kappa shape index (κ1) is 11.5. The van der Waals surface area contributed by atoms with Crippen LogP contribution in [0.3, 0.4) is 0 Å². The molecule has 1 aliphatic rings. The van der Waals surface area contributed by atoms with Crippen molar-refractivity contribution in [2.45, 2.75) is 32.0 Å². The Hall–Kier alpha value is -1.03. The monoisotopic (exact) mass is 229 g/mol. The van der Waals surface area contributed by atoms with Crippen molar-refractivity contribution in [2.75, 3.05) is 6.54 Å².